The van der Waals surface area contributed by atoms with E-state index in [2.05, 4.69) is 6.92 Å². The second-order valence-corrected chi connectivity index (χ2v) is 8.28. The first kappa shape index (κ1) is 26.9. The summed E-state index contributed by atoms with van der Waals surface area (Å²) in [5, 5.41) is 0. The predicted octanol–water partition coefficient (Wildman–Crippen LogP) is 4.66. The Labute approximate surface area is 187 Å². The van der Waals surface area contributed by atoms with Gasteiger partial charge in [0.15, 0.2) is 11.7 Å². The third-order valence-corrected chi connectivity index (χ3v) is 5.49. The summed E-state index contributed by atoms with van der Waals surface area (Å²) in [7, 11) is -3.87. The Morgan fingerprint density at radius 2 is 1.52 bits per heavy atom. The normalized spacial score (nSPS) is 13.6. The molecule has 1 radical (unpaired) electrons. The number of hydrogen-bond acceptors (Lipinski definition) is 5. The summed E-state index contributed by atoms with van der Waals surface area (Å²) in [5.74, 6) is 0.302. The van der Waals surface area contributed by atoms with E-state index in [9.17, 15) is 8.42 Å². The quantitative estimate of drug-likeness (QED) is 0.193. The zero-order valence-electron chi connectivity index (χ0n) is 17.6. The van der Waals surface area contributed by atoms with Gasteiger partial charge in [0.05, 0.1) is 0 Å². The first-order valence-electron chi connectivity index (χ1n) is 9.68. The Morgan fingerprint density at radius 3 is 2.11 bits per heavy atom. The molecule has 0 fully saturated rings. The average molecular weight is 410 g/mol. The second kappa shape index (κ2) is 14.8. The van der Waals surface area contributed by atoms with E-state index in [0.717, 1.165) is 12.8 Å². The van der Waals surface area contributed by atoms with E-state index in [1.54, 1.807) is 19.1 Å². The minimum absolute atomic E-state index is 0. The molecule has 151 valence electrons. The van der Waals surface area contributed by atoms with E-state index < -0.39 is 21.8 Å². The van der Waals surface area contributed by atoms with E-state index in [1.165, 1.54) is 44.6 Å². The summed E-state index contributed by atoms with van der Waals surface area (Å²) in [4.78, 5) is 0. The fourth-order valence-corrected chi connectivity index (χ4v) is 3.44. The number of rotatable bonds is 14. The van der Waals surface area contributed by atoms with Crippen LogP contribution in [0.15, 0.2) is 24.3 Å². The predicted molar refractivity (Wildman–Crippen MR) is 110 cm³/mol. The van der Waals surface area contributed by atoms with Crippen LogP contribution in [0.2, 0.25) is 0 Å². The number of ether oxygens (including phenoxy) is 2. The van der Waals surface area contributed by atoms with E-state index in [0.29, 0.717) is 12.4 Å². The molecule has 2 atom stereocenters. The molecule has 1 aromatic rings. The zero-order chi connectivity index (χ0) is 19.4. The average Bonchev–Trinajstić information content (AvgIpc) is 2.59. The van der Waals surface area contributed by atoms with Gasteiger partial charge in [0.2, 0.25) is 0 Å². The standard InChI is InChI=1S/C20H34O5S.Na/c1-5-7-8-9-10-11-12-19-13-15-20(16-14-19)25-26(21,22)18(4)24-17(3)23-6-2;/h13-18H,5-12H2,1-4H3;. The molecule has 7 heteroatoms. The number of aryl methyl sites for hydroxylation is 1. The Hall–Kier alpha value is -0.110. The van der Waals surface area contributed by atoms with Crippen molar-refractivity contribution in [3.63, 3.8) is 0 Å². The molecule has 1 rings (SSSR count). The fourth-order valence-electron chi connectivity index (χ4n) is 2.63. The van der Waals surface area contributed by atoms with Gasteiger partial charge in [-0.1, -0.05) is 51.2 Å². The molecule has 0 N–H and O–H groups in total. The molecular formula is C20H34NaO5S. The van der Waals surface area contributed by atoms with Crippen LogP contribution in [-0.2, 0) is 26.0 Å². The van der Waals surface area contributed by atoms with Crippen molar-refractivity contribution in [2.24, 2.45) is 0 Å². The van der Waals surface area contributed by atoms with Crippen molar-refractivity contribution in [3.05, 3.63) is 29.8 Å². The fraction of sp³-hybridized carbons (Fsp3) is 0.700. The van der Waals surface area contributed by atoms with Crippen molar-refractivity contribution in [2.75, 3.05) is 6.61 Å². The van der Waals surface area contributed by atoms with E-state index in [4.69, 9.17) is 13.7 Å². The molecule has 0 amide bonds. The molecule has 0 spiro atoms. The topological polar surface area (TPSA) is 61.8 Å². The Morgan fingerprint density at radius 1 is 0.926 bits per heavy atom. The van der Waals surface area contributed by atoms with E-state index in [-0.39, 0.29) is 29.6 Å². The molecule has 5 nitrogen and oxygen atoms in total. The monoisotopic (exact) mass is 409 g/mol. The zero-order valence-corrected chi connectivity index (χ0v) is 20.4. The number of unbranched alkanes of at least 4 members (excludes halogenated alkanes) is 5. The van der Waals surface area contributed by atoms with Crippen LogP contribution in [-0.4, -0.2) is 56.3 Å². The third-order valence-electron chi connectivity index (χ3n) is 4.15. The van der Waals surface area contributed by atoms with Gasteiger partial charge in [-0.05, 0) is 51.3 Å². The smallest absolute Gasteiger partial charge is 0.336 e. The van der Waals surface area contributed by atoms with Crippen molar-refractivity contribution in [3.8, 4) is 5.75 Å². The maximum atomic E-state index is 12.2. The maximum Gasteiger partial charge on any atom is 0.336 e. The molecule has 0 aliphatic rings. The van der Waals surface area contributed by atoms with Gasteiger partial charge >= 0.3 is 10.1 Å². The van der Waals surface area contributed by atoms with Crippen molar-refractivity contribution in [2.45, 2.75) is 84.4 Å². The minimum Gasteiger partial charge on any atom is -0.381 e. The summed E-state index contributed by atoms with van der Waals surface area (Å²) in [6, 6.07) is 7.24. The SMILES string of the molecule is CCCCCCCCc1ccc(OS(=O)(=O)C(C)OC(C)OCC)cc1.[Na]. The van der Waals surface area contributed by atoms with Crippen molar-refractivity contribution < 1.29 is 22.1 Å². The molecule has 0 aliphatic heterocycles. The molecular weight excluding hydrogens is 375 g/mol. The third kappa shape index (κ3) is 11.5. The maximum absolute atomic E-state index is 12.2. The van der Waals surface area contributed by atoms with Crippen LogP contribution in [0.25, 0.3) is 0 Å². The number of hydrogen-bond donors (Lipinski definition) is 0. The molecule has 0 heterocycles. The van der Waals surface area contributed by atoms with Gasteiger partial charge < -0.3 is 13.7 Å². The van der Waals surface area contributed by atoms with Crippen LogP contribution in [0.4, 0.5) is 0 Å². The van der Waals surface area contributed by atoms with Gasteiger partial charge in [-0.15, -0.1) is 0 Å². The Balaban J connectivity index is 0.00000676. The largest absolute Gasteiger partial charge is 0.381 e. The molecule has 0 saturated carbocycles. The van der Waals surface area contributed by atoms with Gasteiger partial charge in [-0.2, -0.15) is 8.42 Å². The summed E-state index contributed by atoms with van der Waals surface area (Å²) in [5.41, 5.74) is 0.0892. The van der Waals surface area contributed by atoms with Crippen molar-refractivity contribution in [1.29, 1.82) is 0 Å². The van der Waals surface area contributed by atoms with E-state index in [1.807, 2.05) is 19.1 Å². The molecule has 27 heavy (non-hydrogen) atoms. The van der Waals surface area contributed by atoms with Gasteiger partial charge in [0, 0.05) is 36.2 Å². The van der Waals surface area contributed by atoms with Crippen LogP contribution in [0, 0.1) is 0 Å². The number of benzene rings is 1. The molecule has 0 aromatic heterocycles. The first-order valence-corrected chi connectivity index (χ1v) is 11.2. The summed E-state index contributed by atoms with van der Waals surface area (Å²) in [6.07, 6.45) is 7.96. The van der Waals surface area contributed by atoms with Crippen molar-refractivity contribution in [1.82, 2.24) is 0 Å². The Bertz CT molecular complexity index is 589. The van der Waals surface area contributed by atoms with Crippen LogP contribution in [0.1, 0.15) is 71.8 Å². The molecule has 0 bridgehead atoms. The summed E-state index contributed by atoms with van der Waals surface area (Å²) >= 11 is 0. The summed E-state index contributed by atoms with van der Waals surface area (Å²) in [6.45, 7) is 7.59. The molecule has 0 saturated heterocycles. The van der Waals surface area contributed by atoms with Crippen LogP contribution >= 0.6 is 0 Å². The molecule has 1 aromatic carbocycles. The van der Waals surface area contributed by atoms with Crippen molar-refractivity contribution >= 4 is 39.7 Å². The first-order chi connectivity index (χ1) is 12.4. The second-order valence-electron chi connectivity index (χ2n) is 6.46. The van der Waals surface area contributed by atoms with Crippen LogP contribution in [0.5, 0.6) is 5.75 Å². The van der Waals surface area contributed by atoms with Gasteiger partial charge in [-0.25, -0.2) is 0 Å². The molecule has 2 unspecified atom stereocenters. The van der Waals surface area contributed by atoms with Crippen LogP contribution < -0.4 is 4.18 Å². The minimum atomic E-state index is -3.87. The Kier molecular flexibility index (Phi) is 14.8. The van der Waals surface area contributed by atoms with Gasteiger partial charge in [0.25, 0.3) is 0 Å². The van der Waals surface area contributed by atoms with Gasteiger partial charge in [-0.3, -0.25) is 0 Å². The molecule has 0 aliphatic carbocycles. The van der Waals surface area contributed by atoms with Crippen LogP contribution in [0.3, 0.4) is 0 Å². The van der Waals surface area contributed by atoms with Gasteiger partial charge in [0.1, 0.15) is 5.75 Å². The summed E-state index contributed by atoms with van der Waals surface area (Å²) < 4.78 is 40.1. The van der Waals surface area contributed by atoms with E-state index >= 15 is 0 Å².